The minimum absolute atomic E-state index is 0.130. The molecule has 1 N–H and O–H groups in total. The Hall–Kier alpha value is -1.79. The zero-order valence-corrected chi connectivity index (χ0v) is 15.5. The Morgan fingerprint density at radius 3 is 2.76 bits per heavy atom. The summed E-state index contributed by atoms with van der Waals surface area (Å²) in [6.45, 7) is 6.35. The molecule has 25 heavy (non-hydrogen) atoms. The summed E-state index contributed by atoms with van der Waals surface area (Å²) in [4.78, 5) is 17.2. The first-order valence-corrected chi connectivity index (χ1v) is 9.10. The number of benzene rings is 1. The topological polar surface area (TPSA) is 54.0 Å². The van der Waals surface area contributed by atoms with Crippen LogP contribution in [0.3, 0.4) is 0 Å². The molecule has 0 spiro atoms. The van der Waals surface area contributed by atoms with Gasteiger partial charge in [0.25, 0.3) is 0 Å². The van der Waals surface area contributed by atoms with Gasteiger partial charge in [-0.15, -0.1) is 0 Å². The van der Waals surface area contributed by atoms with Crippen molar-refractivity contribution in [1.29, 1.82) is 0 Å². The summed E-state index contributed by atoms with van der Waals surface area (Å²) in [5.74, 6) is 1.66. The molecule has 0 aliphatic carbocycles. The highest BCUT2D eigenvalue weighted by Crippen LogP contribution is 2.37. The number of rotatable bonds is 5. The summed E-state index contributed by atoms with van der Waals surface area (Å²) in [6.07, 6.45) is 2.04. The lowest BCUT2D eigenvalue weighted by atomic mass is 10.0. The van der Waals surface area contributed by atoms with Crippen molar-refractivity contribution in [2.45, 2.75) is 31.8 Å². The van der Waals surface area contributed by atoms with Gasteiger partial charge < -0.3 is 19.7 Å². The van der Waals surface area contributed by atoms with Gasteiger partial charge in [-0.1, -0.05) is 6.07 Å². The molecule has 6 heteroatoms. The third-order valence-electron chi connectivity index (χ3n) is 5.34. The molecule has 2 aliphatic rings. The fraction of sp³-hybridized carbons (Fsp3) is 0.632. The van der Waals surface area contributed by atoms with Gasteiger partial charge in [-0.3, -0.25) is 9.69 Å². The average molecular weight is 347 g/mol. The van der Waals surface area contributed by atoms with Crippen LogP contribution in [0.5, 0.6) is 11.5 Å². The van der Waals surface area contributed by atoms with Crippen LogP contribution in [0.25, 0.3) is 0 Å². The molecule has 0 saturated carbocycles. The molecular formula is C19H29N3O3. The standard InChI is InChI=1S/C19H29N3O3/c1-14-12-20-8-10-21(14)13-19(23)22-9-4-5-16(22)15-6-7-17(24-2)18(11-15)25-3/h6-7,11,14,16,20H,4-5,8-10,12-13H2,1-3H3/t14-,16?/m0/s1. The molecule has 2 saturated heterocycles. The van der Waals surface area contributed by atoms with E-state index >= 15 is 0 Å². The van der Waals surface area contributed by atoms with Crippen molar-refractivity contribution < 1.29 is 14.3 Å². The molecule has 2 aliphatic heterocycles. The van der Waals surface area contributed by atoms with E-state index in [0.717, 1.165) is 56.1 Å². The van der Waals surface area contributed by atoms with Crippen LogP contribution in [0.4, 0.5) is 0 Å². The van der Waals surface area contributed by atoms with E-state index in [1.165, 1.54) is 0 Å². The smallest absolute Gasteiger partial charge is 0.237 e. The van der Waals surface area contributed by atoms with Crippen molar-refractivity contribution in [2.24, 2.45) is 0 Å². The zero-order chi connectivity index (χ0) is 17.8. The Labute approximate surface area is 150 Å². The van der Waals surface area contributed by atoms with Gasteiger partial charge in [-0.05, 0) is 37.5 Å². The van der Waals surface area contributed by atoms with E-state index in [1.54, 1.807) is 14.2 Å². The van der Waals surface area contributed by atoms with Crippen LogP contribution < -0.4 is 14.8 Å². The highest BCUT2D eigenvalue weighted by Gasteiger charge is 2.32. The molecule has 138 valence electrons. The number of hydrogen-bond acceptors (Lipinski definition) is 5. The fourth-order valence-electron chi connectivity index (χ4n) is 3.85. The molecule has 2 fully saturated rings. The summed E-state index contributed by atoms with van der Waals surface area (Å²) in [5, 5.41) is 3.37. The second-order valence-corrected chi connectivity index (χ2v) is 6.88. The van der Waals surface area contributed by atoms with Crippen molar-refractivity contribution in [3.05, 3.63) is 23.8 Å². The number of ether oxygens (including phenoxy) is 2. The first-order chi connectivity index (χ1) is 12.1. The van der Waals surface area contributed by atoms with E-state index in [9.17, 15) is 4.79 Å². The minimum Gasteiger partial charge on any atom is -0.493 e. The largest absolute Gasteiger partial charge is 0.493 e. The molecule has 0 aromatic heterocycles. The van der Waals surface area contributed by atoms with E-state index in [2.05, 4.69) is 17.1 Å². The molecule has 0 radical (unpaired) electrons. The number of nitrogens with zero attached hydrogens (tertiary/aromatic N) is 2. The van der Waals surface area contributed by atoms with E-state index in [-0.39, 0.29) is 11.9 Å². The van der Waals surface area contributed by atoms with Gasteiger partial charge >= 0.3 is 0 Å². The van der Waals surface area contributed by atoms with Crippen LogP contribution in [0, 0.1) is 0 Å². The molecule has 1 aromatic rings. The molecular weight excluding hydrogens is 318 g/mol. The molecule has 6 nitrogen and oxygen atoms in total. The molecule has 1 amide bonds. The van der Waals surface area contributed by atoms with E-state index in [1.807, 2.05) is 23.1 Å². The Morgan fingerprint density at radius 2 is 2.04 bits per heavy atom. The second-order valence-electron chi connectivity index (χ2n) is 6.88. The van der Waals surface area contributed by atoms with Crippen LogP contribution in [0.2, 0.25) is 0 Å². The van der Waals surface area contributed by atoms with Gasteiger partial charge in [0, 0.05) is 32.2 Å². The quantitative estimate of drug-likeness (QED) is 0.878. The number of amides is 1. The monoisotopic (exact) mass is 347 g/mol. The summed E-state index contributed by atoms with van der Waals surface area (Å²) < 4.78 is 10.7. The van der Waals surface area contributed by atoms with Crippen molar-refractivity contribution in [3.8, 4) is 11.5 Å². The van der Waals surface area contributed by atoms with Crippen LogP contribution in [0.15, 0.2) is 18.2 Å². The lowest BCUT2D eigenvalue weighted by Crippen LogP contribution is -2.53. The molecule has 1 unspecified atom stereocenters. The summed E-state index contributed by atoms with van der Waals surface area (Å²) in [7, 11) is 3.28. The molecule has 2 atom stereocenters. The van der Waals surface area contributed by atoms with Crippen molar-refractivity contribution in [3.63, 3.8) is 0 Å². The lowest BCUT2D eigenvalue weighted by molar-refractivity contribution is -0.134. The minimum atomic E-state index is 0.130. The number of carbonyl (C=O) groups is 1. The third kappa shape index (κ3) is 3.90. The first-order valence-electron chi connectivity index (χ1n) is 9.10. The number of nitrogens with one attached hydrogen (secondary N) is 1. The highest BCUT2D eigenvalue weighted by molar-refractivity contribution is 5.79. The number of piperazine rings is 1. The SMILES string of the molecule is COc1ccc(C2CCCN2C(=O)CN2CCNC[C@@H]2C)cc1OC. The Kier molecular flexibility index (Phi) is 5.81. The van der Waals surface area contributed by atoms with Gasteiger partial charge in [0.1, 0.15) is 0 Å². The zero-order valence-electron chi connectivity index (χ0n) is 15.5. The van der Waals surface area contributed by atoms with E-state index < -0.39 is 0 Å². The number of carbonyl (C=O) groups excluding carboxylic acids is 1. The van der Waals surface area contributed by atoms with Crippen molar-refractivity contribution >= 4 is 5.91 Å². The van der Waals surface area contributed by atoms with Gasteiger partial charge in [0.05, 0.1) is 26.8 Å². The predicted molar refractivity (Wildman–Crippen MR) is 97.1 cm³/mol. The van der Waals surface area contributed by atoms with Gasteiger partial charge in [-0.2, -0.15) is 0 Å². The average Bonchev–Trinajstić information content (AvgIpc) is 3.13. The maximum absolute atomic E-state index is 12.9. The Morgan fingerprint density at radius 1 is 1.24 bits per heavy atom. The summed E-state index contributed by atoms with van der Waals surface area (Å²) >= 11 is 0. The maximum Gasteiger partial charge on any atom is 0.237 e. The molecule has 3 rings (SSSR count). The van der Waals surface area contributed by atoms with E-state index in [0.29, 0.717) is 12.6 Å². The van der Waals surface area contributed by atoms with Crippen LogP contribution in [-0.2, 0) is 4.79 Å². The lowest BCUT2D eigenvalue weighted by Gasteiger charge is -2.35. The highest BCUT2D eigenvalue weighted by atomic mass is 16.5. The van der Waals surface area contributed by atoms with Crippen LogP contribution >= 0.6 is 0 Å². The molecule has 2 heterocycles. The fourth-order valence-corrected chi connectivity index (χ4v) is 3.85. The molecule has 0 bridgehead atoms. The Balaban J connectivity index is 1.72. The number of hydrogen-bond donors (Lipinski definition) is 1. The van der Waals surface area contributed by atoms with Crippen LogP contribution in [-0.4, -0.2) is 68.7 Å². The van der Waals surface area contributed by atoms with Crippen molar-refractivity contribution in [2.75, 3.05) is 46.9 Å². The van der Waals surface area contributed by atoms with Crippen LogP contribution in [0.1, 0.15) is 31.4 Å². The van der Waals surface area contributed by atoms with Crippen molar-refractivity contribution in [1.82, 2.24) is 15.1 Å². The van der Waals surface area contributed by atoms with Gasteiger partial charge in [-0.25, -0.2) is 0 Å². The van der Waals surface area contributed by atoms with Gasteiger partial charge in [0.2, 0.25) is 5.91 Å². The molecule has 1 aromatic carbocycles. The summed E-state index contributed by atoms with van der Waals surface area (Å²) in [6, 6.07) is 6.51. The normalized spacial score (nSPS) is 24.4. The Bertz CT molecular complexity index is 608. The predicted octanol–water partition coefficient (Wildman–Crippen LogP) is 1.66. The third-order valence-corrected chi connectivity index (χ3v) is 5.34. The second kappa shape index (κ2) is 8.06. The number of likely N-dealkylation sites (tertiary alicyclic amines) is 1. The maximum atomic E-state index is 12.9. The van der Waals surface area contributed by atoms with E-state index in [4.69, 9.17) is 9.47 Å². The summed E-state index contributed by atoms with van der Waals surface area (Å²) in [5.41, 5.74) is 1.12. The van der Waals surface area contributed by atoms with Gasteiger partial charge in [0.15, 0.2) is 11.5 Å². The number of methoxy groups -OCH3 is 2. The first kappa shape index (κ1) is 18.0.